The molecule has 0 fully saturated rings. The minimum Gasteiger partial charge on any atom is -0.497 e. The van der Waals surface area contributed by atoms with Crippen molar-refractivity contribution in [1.29, 1.82) is 0 Å². The Morgan fingerprint density at radius 2 is 1.72 bits per heavy atom. The first kappa shape index (κ1) is 36.8. The second kappa shape index (κ2) is 18.0. The molecule has 0 aliphatic carbocycles. The number of H-pyrrole nitrogens is 1. The lowest BCUT2D eigenvalue weighted by molar-refractivity contribution is -0.142. The number of nitrogens with zero attached hydrogens (tertiary/aromatic N) is 2. The van der Waals surface area contributed by atoms with Crippen molar-refractivity contribution in [3.05, 3.63) is 83.7 Å². The first-order valence-electron chi connectivity index (χ1n) is 17.1. The number of fused-ring (bicyclic) bond motifs is 3. The van der Waals surface area contributed by atoms with Gasteiger partial charge in [0.15, 0.2) is 0 Å². The number of unbranched alkanes of at least 4 members (excludes halogenated alkanes) is 1. The molecule has 266 valence electrons. The largest absolute Gasteiger partial charge is 0.497 e. The molecule has 2 aromatic heterocycles. The molecular weight excluding hydrogens is 653 g/mol. The van der Waals surface area contributed by atoms with E-state index >= 15 is 0 Å². The Hall–Kier alpha value is -4.43. The molecule has 4 aromatic rings. The Bertz CT molecular complexity index is 1760. The van der Waals surface area contributed by atoms with Gasteiger partial charge in [-0.15, -0.1) is 0 Å². The summed E-state index contributed by atoms with van der Waals surface area (Å²) >= 11 is 1.48. The van der Waals surface area contributed by atoms with E-state index in [9.17, 15) is 14.4 Å². The number of likely N-dealkylation sites (N-methyl/N-ethyl adjacent to an activating group) is 1. The maximum Gasteiger partial charge on any atom is 0.245 e. The third kappa shape index (κ3) is 9.21. The van der Waals surface area contributed by atoms with Crippen LogP contribution in [0.15, 0.2) is 76.9 Å². The second-order valence-corrected chi connectivity index (χ2v) is 13.5. The Labute approximate surface area is 297 Å². The van der Waals surface area contributed by atoms with E-state index in [2.05, 4.69) is 25.9 Å². The number of hydrogen-bond acceptors (Lipinski definition) is 9. The molecular formula is C37H48N8O4S. The van der Waals surface area contributed by atoms with Gasteiger partial charge in [-0.3, -0.25) is 14.4 Å². The fraction of sp³-hybridized carbons (Fsp3) is 0.405. The standard InChI is InChI=1S/C37H48N8O4S/c1-45-32(20-25-22-41-29-11-4-3-10-28(25)29)35(47)43-23-26-19-27(49-2)14-15-33(26)50-36-24(9-8-18-40-36)21-42-30(13-7-17-39)34(46)44-31(37(45)48)12-5-6-16-38/h3-4,8-11,14-15,18-19,22,30-32,41-42H,5-7,12-13,16-17,20-21,23,38-39H2,1-2H3,(H,43,47)(H,44,46)/t30-,31-,32-/m0/s1. The first-order valence-corrected chi connectivity index (χ1v) is 18.0. The van der Waals surface area contributed by atoms with Gasteiger partial charge in [0.05, 0.1) is 13.2 Å². The predicted octanol–water partition coefficient (Wildman–Crippen LogP) is 3.23. The first-order chi connectivity index (χ1) is 24.3. The van der Waals surface area contributed by atoms with Crippen molar-refractivity contribution in [1.82, 2.24) is 30.8 Å². The highest BCUT2D eigenvalue weighted by Gasteiger charge is 2.34. The lowest BCUT2D eigenvalue weighted by Crippen LogP contribution is -2.57. The molecule has 50 heavy (non-hydrogen) atoms. The molecule has 3 atom stereocenters. The van der Waals surface area contributed by atoms with Gasteiger partial charge in [-0.25, -0.2) is 4.98 Å². The molecule has 12 nitrogen and oxygen atoms in total. The van der Waals surface area contributed by atoms with Crippen molar-refractivity contribution in [3.63, 3.8) is 0 Å². The average molecular weight is 701 g/mol. The van der Waals surface area contributed by atoms with E-state index in [1.165, 1.54) is 16.7 Å². The summed E-state index contributed by atoms with van der Waals surface area (Å²) in [5, 5.41) is 11.3. The van der Waals surface area contributed by atoms with E-state index in [0.717, 1.165) is 37.5 Å². The van der Waals surface area contributed by atoms with Crippen LogP contribution in [0.25, 0.3) is 10.9 Å². The summed E-state index contributed by atoms with van der Waals surface area (Å²) < 4.78 is 5.54. The van der Waals surface area contributed by atoms with E-state index in [1.54, 1.807) is 20.4 Å². The van der Waals surface area contributed by atoms with Crippen molar-refractivity contribution in [2.75, 3.05) is 27.2 Å². The Morgan fingerprint density at radius 1 is 0.920 bits per heavy atom. The molecule has 0 saturated heterocycles. The van der Waals surface area contributed by atoms with Crippen LogP contribution in [-0.2, 0) is 33.9 Å². The van der Waals surface area contributed by atoms with Crippen LogP contribution < -0.4 is 32.2 Å². The molecule has 0 spiro atoms. The van der Waals surface area contributed by atoms with Crippen LogP contribution in [0.5, 0.6) is 5.75 Å². The molecule has 0 bridgehead atoms. The average Bonchev–Trinajstić information content (AvgIpc) is 3.55. The van der Waals surface area contributed by atoms with Crippen molar-refractivity contribution in [2.24, 2.45) is 11.5 Å². The van der Waals surface area contributed by atoms with Gasteiger partial charge in [0.1, 0.15) is 22.9 Å². The minimum absolute atomic E-state index is 0.197. The van der Waals surface area contributed by atoms with Crippen LogP contribution >= 0.6 is 11.8 Å². The zero-order chi connectivity index (χ0) is 35.5. The number of methoxy groups -OCH3 is 1. The van der Waals surface area contributed by atoms with E-state index in [0.29, 0.717) is 57.5 Å². The van der Waals surface area contributed by atoms with Gasteiger partial charge < -0.3 is 42.0 Å². The fourth-order valence-corrected chi connectivity index (χ4v) is 7.18. The Morgan fingerprint density at radius 3 is 2.52 bits per heavy atom. The van der Waals surface area contributed by atoms with E-state index in [4.69, 9.17) is 16.2 Å². The SMILES string of the molecule is COc1ccc2c(c1)CNC(=O)[C@H](Cc1c[nH]c3ccccc13)N(C)C(=O)[C@H](CCCCN)NC(=O)[C@H](CCCN)NCc1cccnc1S2. The third-order valence-electron chi connectivity index (χ3n) is 9.10. The van der Waals surface area contributed by atoms with Gasteiger partial charge in [-0.1, -0.05) is 36.0 Å². The molecule has 2 aromatic carbocycles. The predicted molar refractivity (Wildman–Crippen MR) is 196 cm³/mol. The van der Waals surface area contributed by atoms with Crippen molar-refractivity contribution < 1.29 is 19.1 Å². The molecule has 0 unspecified atom stereocenters. The smallest absolute Gasteiger partial charge is 0.245 e. The summed E-state index contributed by atoms with van der Waals surface area (Å²) in [4.78, 5) is 52.9. The number of rotatable bonds is 10. The number of aromatic nitrogens is 2. The molecule has 0 saturated carbocycles. The van der Waals surface area contributed by atoms with Crippen LogP contribution in [0, 0.1) is 0 Å². The summed E-state index contributed by atoms with van der Waals surface area (Å²) in [6, 6.07) is 15.1. The number of ether oxygens (including phenoxy) is 1. The minimum atomic E-state index is -0.874. The monoisotopic (exact) mass is 700 g/mol. The number of carbonyl (C=O) groups is 3. The number of nitrogens with one attached hydrogen (secondary N) is 4. The van der Waals surface area contributed by atoms with Gasteiger partial charge in [-0.05, 0) is 92.2 Å². The summed E-state index contributed by atoms with van der Waals surface area (Å²) in [6.07, 6.45) is 6.70. The van der Waals surface area contributed by atoms with Crippen molar-refractivity contribution >= 4 is 40.4 Å². The number of amides is 3. The molecule has 1 aliphatic rings. The van der Waals surface area contributed by atoms with E-state index in [1.807, 2.05) is 60.8 Å². The van der Waals surface area contributed by atoms with Crippen LogP contribution in [0.1, 0.15) is 48.8 Å². The summed E-state index contributed by atoms with van der Waals surface area (Å²) in [5.41, 5.74) is 15.3. The van der Waals surface area contributed by atoms with E-state index < -0.39 is 18.1 Å². The molecule has 8 N–H and O–H groups in total. The molecule has 3 amide bonds. The lowest BCUT2D eigenvalue weighted by atomic mass is 10.0. The zero-order valence-electron chi connectivity index (χ0n) is 28.7. The highest BCUT2D eigenvalue weighted by molar-refractivity contribution is 7.99. The highest BCUT2D eigenvalue weighted by Crippen LogP contribution is 2.34. The van der Waals surface area contributed by atoms with Crippen LogP contribution in [0.4, 0.5) is 0 Å². The van der Waals surface area contributed by atoms with Crippen molar-refractivity contribution in [3.8, 4) is 5.75 Å². The van der Waals surface area contributed by atoms with Gasteiger partial charge in [0.2, 0.25) is 17.7 Å². The van der Waals surface area contributed by atoms with Crippen LogP contribution in [0.3, 0.4) is 0 Å². The van der Waals surface area contributed by atoms with Gasteiger partial charge >= 0.3 is 0 Å². The van der Waals surface area contributed by atoms with Crippen molar-refractivity contribution in [2.45, 2.75) is 79.7 Å². The topological polar surface area (TPSA) is 180 Å². The molecule has 5 rings (SSSR count). The molecule has 13 heteroatoms. The number of aromatic amines is 1. The number of para-hydroxylation sites is 1. The van der Waals surface area contributed by atoms with Gasteiger partial charge in [0.25, 0.3) is 0 Å². The van der Waals surface area contributed by atoms with Crippen LogP contribution in [0.2, 0.25) is 0 Å². The molecule has 1 aliphatic heterocycles. The Balaban J connectivity index is 1.56. The van der Waals surface area contributed by atoms with E-state index in [-0.39, 0.29) is 30.7 Å². The fourth-order valence-electron chi connectivity index (χ4n) is 6.19. The number of hydrogen-bond donors (Lipinski definition) is 6. The molecule has 3 heterocycles. The number of benzene rings is 2. The maximum atomic E-state index is 14.4. The second-order valence-electron chi connectivity index (χ2n) is 12.5. The quantitative estimate of drug-likeness (QED) is 0.136. The number of carbonyl (C=O) groups excluding carboxylic acids is 3. The number of pyridine rings is 1. The third-order valence-corrected chi connectivity index (χ3v) is 10.3. The number of nitrogens with two attached hydrogens (primary N) is 2. The maximum absolute atomic E-state index is 14.4. The van der Waals surface area contributed by atoms with Gasteiger partial charge in [0, 0.05) is 54.8 Å². The normalized spacial score (nSPS) is 19.3. The molecule has 0 radical (unpaired) electrons. The lowest BCUT2D eigenvalue weighted by Gasteiger charge is -2.32. The summed E-state index contributed by atoms with van der Waals surface area (Å²) in [5.74, 6) is -0.301. The van der Waals surface area contributed by atoms with Gasteiger partial charge in [-0.2, -0.15) is 0 Å². The highest BCUT2D eigenvalue weighted by atomic mass is 32.2. The Kier molecular flexibility index (Phi) is 13.3. The summed E-state index contributed by atoms with van der Waals surface area (Å²) in [6.45, 7) is 1.46. The summed E-state index contributed by atoms with van der Waals surface area (Å²) in [7, 11) is 3.24. The zero-order valence-corrected chi connectivity index (χ0v) is 29.6. The van der Waals surface area contributed by atoms with Crippen LogP contribution in [-0.4, -0.2) is 78.0 Å².